The number of anilines is 2. The van der Waals surface area contributed by atoms with Gasteiger partial charge in [-0.05, 0) is 26.4 Å². The summed E-state index contributed by atoms with van der Waals surface area (Å²) in [5, 5.41) is 3.22. The lowest BCUT2D eigenvalue weighted by atomic mass is 9.94. The minimum atomic E-state index is 0.418. The summed E-state index contributed by atoms with van der Waals surface area (Å²) in [5.74, 6) is 1.90. The first kappa shape index (κ1) is 12.9. The molecule has 1 unspecified atom stereocenters. The van der Waals surface area contributed by atoms with Crippen molar-refractivity contribution in [3.63, 3.8) is 0 Å². The zero-order valence-electron chi connectivity index (χ0n) is 11.5. The number of nitrogens with zero attached hydrogens (tertiary/aromatic N) is 5. The van der Waals surface area contributed by atoms with Gasteiger partial charge in [0.25, 0.3) is 0 Å². The van der Waals surface area contributed by atoms with Crippen molar-refractivity contribution in [2.75, 3.05) is 25.5 Å². The average molecular weight is 270 g/mol. The second-order valence-electron chi connectivity index (χ2n) is 5.11. The number of hydrogen-bond acceptors (Lipinski definition) is 6. The third-order valence-corrected chi connectivity index (χ3v) is 3.55. The van der Waals surface area contributed by atoms with Gasteiger partial charge in [-0.25, -0.2) is 9.97 Å². The molecular formula is C14H18N6. The first-order valence-electron chi connectivity index (χ1n) is 6.85. The SMILES string of the molecule is CN1CCCC(c2nccnc2Nc2cnccn2)C1. The lowest BCUT2D eigenvalue weighted by molar-refractivity contribution is 0.248. The van der Waals surface area contributed by atoms with Crippen LogP contribution in [0.4, 0.5) is 11.6 Å². The zero-order valence-corrected chi connectivity index (χ0v) is 11.5. The van der Waals surface area contributed by atoms with Crippen LogP contribution in [0, 0.1) is 0 Å². The molecule has 0 aromatic carbocycles. The van der Waals surface area contributed by atoms with Crippen molar-refractivity contribution in [3.8, 4) is 0 Å². The largest absolute Gasteiger partial charge is 0.322 e. The van der Waals surface area contributed by atoms with Crippen LogP contribution >= 0.6 is 0 Å². The standard InChI is InChI=1S/C14H18N6/c1-20-8-2-3-11(10-20)13-14(18-7-6-17-13)19-12-9-15-4-5-16-12/h4-7,9,11H,2-3,8,10H2,1H3,(H,16,18,19). The Morgan fingerprint density at radius 2 is 2.00 bits per heavy atom. The molecule has 1 atom stereocenters. The summed E-state index contributed by atoms with van der Waals surface area (Å²) in [5.41, 5.74) is 1.02. The van der Waals surface area contributed by atoms with Crippen LogP contribution in [0.3, 0.4) is 0 Å². The fourth-order valence-corrected chi connectivity index (χ4v) is 2.62. The van der Waals surface area contributed by atoms with Crippen molar-refractivity contribution in [2.45, 2.75) is 18.8 Å². The Hall–Kier alpha value is -2.08. The summed E-state index contributed by atoms with van der Waals surface area (Å²) >= 11 is 0. The third kappa shape index (κ3) is 2.91. The number of nitrogens with one attached hydrogen (secondary N) is 1. The number of piperidine rings is 1. The number of hydrogen-bond donors (Lipinski definition) is 1. The van der Waals surface area contributed by atoms with Gasteiger partial charge in [0.05, 0.1) is 11.9 Å². The molecule has 1 fully saturated rings. The molecule has 0 spiro atoms. The Kier molecular flexibility index (Phi) is 3.83. The van der Waals surface area contributed by atoms with E-state index in [1.165, 1.54) is 6.42 Å². The molecule has 2 aromatic rings. The molecule has 2 aromatic heterocycles. The fourth-order valence-electron chi connectivity index (χ4n) is 2.62. The van der Waals surface area contributed by atoms with E-state index in [0.717, 1.165) is 31.0 Å². The Bertz CT molecular complexity index is 559. The van der Waals surface area contributed by atoms with Gasteiger partial charge in [0.2, 0.25) is 0 Å². The number of likely N-dealkylation sites (tertiary alicyclic amines) is 1. The van der Waals surface area contributed by atoms with E-state index in [1.54, 1.807) is 31.0 Å². The monoisotopic (exact) mass is 270 g/mol. The van der Waals surface area contributed by atoms with Gasteiger partial charge in [0, 0.05) is 37.3 Å². The first-order chi connectivity index (χ1) is 9.83. The molecule has 20 heavy (non-hydrogen) atoms. The molecule has 0 saturated carbocycles. The Labute approximate surface area is 118 Å². The van der Waals surface area contributed by atoms with Crippen LogP contribution in [0.1, 0.15) is 24.5 Å². The highest BCUT2D eigenvalue weighted by Crippen LogP contribution is 2.29. The molecule has 6 nitrogen and oxygen atoms in total. The van der Waals surface area contributed by atoms with Crippen LogP contribution in [0.25, 0.3) is 0 Å². The van der Waals surface area contributed by atoms with Crippen LogP contribution in [0.5, 0.6) is 0 Å². The fraction of sp³-hybridized carbons (Fsp3) is 0.429. The molecule has 0 radical (unpaired) electrons. The highest BCUT2D eigenvalue weighted by Gasteiger charge is 2.23. The van der Waals surface area contributed by atoms with E-state index < -0.39 is 0 Å². The van der Waals surface area contributed by atoms with Crippen molar-refractivity contribution in [2.24, 2.45) is 0 Å². The highest BCUT2D eigenvalue weighted by atomic mass is 15.1. The predicted molar refractivity (Wildman–Crippen MR) is 76.8 cm³/mol. The van der Waals surface area contributed by atoms with Gasteiger partial charge in [-0.1, -0.05) is 0 Å². The van der Waals surface area contributed by atoms with Gasteiger partial charge >= 0.3 is 0 Å². The number of rotatable bonds is 3. The molecule has 1 aliphatic rings. The Balaban J connectivity index is 1.84. The summed E-state index contributed by atoms with van der Waals surface area (Å²) in [6, 6.07) is 0. The van der Waals surface area contributed by atoms with Crippen molar-refractivity contribution < 1.29 is 0 Å². The molecular weight excluding hydrogens is 252 g/mol. The number of aromatic nitrogens is 4. The third-order valence-electron chi connectivity index (χ3n) is 3.55. The zero-order chi connectivity index (χ0) is 13.8. The van der Waals surface area contributed by atoms with Gasteiger partial charge < -0.3 is 10.2 Å². The van der Waals surface area contributed by atoms with Crippen LogP contribution in [-0.2, 0) is 0 Å². The second kappa shape index (κ2) is 5.92. The highest BCUT2D eigenvalue weighted by molar-refractivity contribution is 5.53. The molecule has 1 aliphatic heterocycles. The molecule has 1 saturated heterocycles. The molecule has 104 valence electrons. The van der Waals surface area contributed by atoms with E-state index in [0.29, 0.717) is 11.7 Å². The van der Waals surface area contributed by atoms with Gasteiger partial charge in [-0.15, -0.1) is 0 Å². The molecule has 0 aliphatic carbocycles. The van der Waals surface area contributed by atoms with Crippen molar-refractivity contribution in [3.05, 3.63) is 36.7 Å². The summed E-state index contributed by atoms with van der Waals surface area (Å²) in [6.07, 6.45) is 10.8. The summed E-state index contributed by atoms with van der Waals surface area (Å²) in [7, 11) is 2.15. The minimum absolute atomic E-state index is 0.418. The van der Waals surface area contributed by atoms with Crippen molar-refractivity contribution in [1.29, 1.82) is 0 Å². The Morgan fingerprint density at radius 3 is 2.80 bits per heavy atom. The van der Waals surface area contributed by atoms with E-state index in [2.05, 4.69) is 37.2 Å². The molecule has 6 heteroatoms. The van der Waals surface area contributed by atoms with E-state index in [4.69, 9.17) is 0 Å². The maximum atomic E-state index is 4.53. The van der Waals surface area contributed by atoms with E-state index in [-0.39, 0.29) is 0 Å². The second-order valence-corrected chi connectivity index (χ2v) is 5.11. The van der Waals surface area contributed by atoms with Crippen LogP contribution < -0.4 is 5.32 Å². The predicted octanol–water partition coefficient (Wildman–Crippen LogP) is 1.82. The van der Waals surface area contributed by atoms with Crippen LogP contribution in [0.15, 0.2) is 31.0 Å². The van der Waals surface area contributed by atoms with Crippen molar-refractivity contribution >= 4 is 11.6 Å². The molecule has 1 N–H and O–H groups in total. The lowest BCUT2D eigenvalue weighted by Gasteiger charge is -2.29. The molecule has 3 rings (SSSR count). The topological polar surface area (TPSA) is 66.8 Å². The smallest absolute Gasteiger partial charge is 0.153 e. The first-order valence-corrected chi connectivity index (χ1v) is 6.85. The van der Waals surface area contributed by atoms with Gasteiger partial charge in [-0.3, -0.25) is 9.97 Å². The summed E-state index contributed by atoms with van der Waals surface area (Å²) in [6.45, 7) is 2.18. The Morgan fingerprint density at radius 1 is 1.15 bits per heavy atom. The average Bonchev–Trinajstić information content (AvgIpc) is 2.49. The minimum Gasteiger partial charge on any atom is -0.322 e. The van der Waals surface area contributed by atoms with E-state index in [9.17, 15) is 0 Å². The summed E-state index contributed by atoms with van der Waals surface area (Å²) in [4.78, 5) is 19.6. The normalized spacial score (nSPS) is 19.8. The lowest BCUT2D eigenvalue weighted by Crippen LogP contribution is -2.31. The molecule has 3 heterocycles. The van der Waals surface area contributed by atoms with E-state index >= 15 is 0 Å². The van der Waals surface area contributed by atoms with Crippen LogP contribution in [-0.4, -0.2) is 45.0 Å². The molecule has 0 bridgehead atoms. The number of likely N-dealkylation sites (N-methyl/N-ethyl adjacent to an activating group) is 1. The quantitative estimate of drug-likeness (QED) is 0.917. The maximum Gasteiger partial charge on any atom is 0.153 e. The van der Waals surface area contributed by atoms with Gasteiger partial charge in [0.1, 0.15) is 5.82 Å². The molecule has 0 amide bonds. The van der Waals surface area contributed by atoms with Gasteiger partial charge in [-0.2, -0.15) is 0 Å². The maximum absolute atomic E-state index is 4.53. The summed E-state index contributed by atoms with van der Waals surface area (Å²) < 4.78 is 0. The van der Waals surface area contributed by atoms with Crippen LogP contribution in [0.2, 0.25) is 0 Å². The van der Waals surface area contributed by atoms with Gasteiger partial charge in [0.15, 0.2) is 5.82 Å². The van der Waals surface area contributed by atoms with E-state index in [1.807, 2.05) is 0 Å². The van der Waals surface area contributed by atoms with Crippen molar-refractivity contribution in [1.82, 2.24) is 24.8 Å².